The van der Waals surface area contributed by atoms with E-state index in [4.69, 9.17) is 0 Å². The van der Waals surface area contributed by atoms with Gasteiger partial charge in [0.25, 0.3) is 5.56 Å². The van der Waals surface area contributed by atoms with Crippen molar-refractivity contribution in [1.29, 1.82) is 0 Å². The number of hydrogen-bond acceptors (Lipinski definition) is 6. The van der Waals surface area contributed by atoms with E-state index in [0.29, 0.717) is 22.6 Å². The van der Waals surface area contributed by atoms with Gasteiger partial charge in [-0.2, -0.15) is 5.10 Å². The number of anilines is 2. The Labute approximate surface area is 185 Å². The Kier molecular flexibility index (Phi) is 6.20. The molecule has 2 aromatic carbocycles. The normalized spacial score (nSPS) is 16.1. The molecule has 0 radical (unpaired) electrons. The van der Waals surface area contributed by atoms with Gasteiger partial charge in [0.2, 0.25) is 5.91 Å². The molecule has 0 saturated carbocycles. The number of hydrogen-bond donors (Lipinski definition) is 1. The third-order valence-electron chi connectivity index (χ3n) is 5.69. The first kappa shape index (κ1) is 21.5. The van der Waals surface area contributed by atoms with Crippen LogP contribution < -0.4 is 15.8 Å². The molecule has 0 bridgehead atoms. The van der Waals surface area contributed by atoms with Gasteiger partial charge < -0.3 is 15.0 Å². The smallest absolute Gasteiger partial charge is 0.337 e. The number of fused-ring (bicyclic) bond motifs is 1. The van der Waals surface area contributed by atoms with Crippen molar-refractivity contribution in [3.63, 3.8) is 0 Å². The molecule has 4 rings (SSSR count). The number of carbonyl (C=O) groups excluding carboxylic acids is 2. The Morgan fingerprint density at radius 3 is 2.53 bits per heavy atom. The molecule has 1 fully saturated rings. The lowest BCUT2D eigenvalue weighted by Gasteiger charge is -2.32. The van der Waals surface area contributed by atoms with Crippen molar-refractivity contribution in [2.24, 2.45) is 5.92 Å². The number of piperidine rings is 1. The number of rotatable bonds is 5. The molecule has 1 amide bonds. The predicted molar refractivity (Wildman–Crippen MR) is 123 cm³/mol. The first-order valence-electron chi connectivity index (χ1n) is 10.7. The monoisotopic (exact) mass is 434 g/mol. The summed E-state index contributed by atoms with van der Waals surface area (Å²) in [5.41, 5.74) is 0.602. The SMILES string of the molecule is COC(=O)c1ccc(NC(=O)Cn2nc(N3CCCC(C)C3)c3ccccc3c2=O)cc1. The Morgan fingerprint density at radius 1 is 1.12 bits per heavy atom. The van der Waals surface area contributed by atoms with Gasteiger partial charge in [0.05, 0.1) is 18.1 Å². The van der Waals surface area contributed by atoms with Crippen LogP contribution >= 0.6 is 0 Å². The highest BCUT2D eigenvalue weighted by molar-refractivity contribution is 5.94. The second-order valence-corrected chi connectivity index (χ2v) is 8.14. The van der Waals surface area contributed by atoms with Crippen molar-refractivity contribution >= 4 is 34.2 Å². The molecule has 32 heavy (non-hydrogen) atoms. The summed E-state index contributed by atoms with van der Waals surface area (Å²) in [5, 5.41) is 8.70. The summed E-state index contributed by atoms with van der Waals surface area (Å²) in [7, 11) is 1.31. The van der Waals surface area contributed by atoms with Crippen molar-refractivity contribution in [3.05, 3.63) is 64.4 Å². The van der Waals surface area contributed by atoms with Crippen molar-refractivity contribution in [2.75, 3.05) is 30.4 Å². The van der Waals surface area contributed by atoms with Crippen LogP contribution in [-0.4, -0.2) is 41.9 Å². The summed E-state index contributed by atoms with van der Waals surface area (Å²) in [6, 6.07) is 13.8. The quantitative estimate of drug-likeness (QED) is 0.621. The fraction of sp³-hybridized carbons (Fsp3) is 0.333. The van der Waals surface area contributed by atoms with Crippen LogP contribution in [0.1, 0.15) is 30.1 Å². The van der Waals surface area contributed by atoms with E-state index in [9.17, 15) is 14.4 Å². The van der Waals surface area contributed by atoms with Crippen LogP contribution in [0.3, 0.4) is 0 Å². The summed E-state index contributed by atoms with van der Waals surface area (Å²) in [5.74, 6) is 0.455. The van der Waals surface area contributed by atoms with Crippen LogP contribution in [-0.2, 0) is 16.1 Å². The predicted octanol–water partition coefficient (Wildman–Crippen LogP) is 3.06. The number of nitrogens with zero attached hydrogens (tertiary/aromatic N) is 3. The maximum absolute atomic E-state index is 13.0. The van der Waals surface area contributed by atoms with E-state index in [-0.39, 0.29) is 18.0 Å². The van der Waals surface area contributed by atoms with E-state index in [2.05, 4.69) is 27.0 Å². The van der Waals surface area contributed by atoms with Crippen LogP contribution in [0.5, 0.6) is 0 Å². The highest BCUT2D eigenvalue weighted by atomic mass is 16.5. The van der Waals surface area contributed by atoms with Crippen molar-refractivity contribution in [3.8, 4) is 0 Å². The van der Waals surface area contributed by atoms with Crippen LogP contribution in [0.15, 0.2) is 53.3 Å². The molecule has 1 aliphatic rings. The van der Waals surface area contributed by atoms with Gasteiger partial charge in [0.1, 0.15) is 6.54 Å². The fourth-order valence-electron chi connectivity index (χ4n) is 4.08. The van der Waals surface area contributed by atoms with E-state index < -0.39 is 5.97 Å². The summed E-state index contributed by atoms with van der Waals surface area (Å²) in [6.45, 7) is 3.74. The maximum atomic E-state index is 13.0. The minimum atomic E-state index is -0.450. The van der Waals surface area contributed by atoms with Gasteiger partial charge in [-0.15, -0.1) is 0 Å². The number of esters is 1. The number of carbonyl (C=O) groups is 2. The average Bonchev–Trinajstić information content (AvgIpc) is 2.81. The van der Waals surface area contributed by atoms with Crippen molar-refractivity contribution in [2.45, 2.75) is 26.3 Å². The molecule has 1 atom stereocenters. The molecule has 1 aromatic heterocycles. The second-order valence-electron chi connectivity index (χ2n) is 8.14. The molecule has 1 saturated heterocycles. The second kappa shape index (κ2) is 9.21. The number of amides is 1. The summed E-state index contributed by atoms with van der Waals surface area (Å²) in [4.78, 5) is 39.4. The summed E-state index contributed by atoms with van der Waals surface area (Å²) in [6.07, 6.45) is 2.24. The van der Waals surface area contributed by atoms with Gasteiger partial charge in [-0.25, -0.2) is 9.48 Å². The summed E-state index contributed by atoms with van der Waals surface area (Å²) < 4.78 is 5.91. The van der Waals surface area contributed by atoms with E-state index >= 15 is 0 Å². The van der Waals surface area contributed by atoms with Gasteiger partial charge >= 0.3 is 5.97 Å². The van der Waals surface area contributed by atoms with Gasteiger partial charge in [-0.3, -0.25) is 9.59 Å². The first-order valence-corrected chi connectivity index (χ1v) is 10.7. The zero-order valence-corrected chi connectivity index (χ0v) is 18.2. The lowest BCUT2D eigenvalue weighted by molar-refractivity contribution is -0.117. The molecule has 0 aliphatic carbocycles. The van der Waals surface area contributed by atoms with Crippen LogP contribution in [0.2, 0.25) is 0 Å². The first-order chi connectivity index (χ1) is 15.5. The molecule has 1 N–H and O–H groups in total. The molecule has 0 spiro atoms. The number of benzene rings is 2. The van der Waals surface area contributed by atoms with E-state index in [1.54, 1.807) is 30.3 Å². The molecule has 2 heterocycles. The van der Waals surface area contributed by atoms with Crippen LogP contribution in [0.25, 0.3) is 10.8 Å². The topological polar surface area (TPSA) is 93.5 Å². The molecule has 1 unspecified atom stereocenters. The largest absolute Gasteiger partial charge is 0.465 e. The van der Waals surface area contributed by atoms with E-state index in [0.717, 1.165) is 30.7 Å². The third-order valence-corrected chi connectivity index (χ3v) is 5.69. The molecule has 1 aliphatic heterocycles. The zero-order valence-electron chi connectivity index (χ0n) is 18.2. The Bertz CT molecular complexity index is 1200. The highest BCUT2D eigenvalue weighted by Crippen LogP contribution is 2.26. The van der Waals surface area contributed by atoms with E-state index in [1.165, 1.54) is 18.2 Å². The maximum Gasteiger partial charge on any atom is 0.337 e. The zero-order chi connectivity index (χ0) is 22.7. The minimum Gasteiger partial charge on any atom is -0.465 e. The van der Waals surface area contributed by atoms with Gasteiger partial charge in [0, 0.05) is 24.2 Å². The molecular weight excluding hydrogens is 408 g/mol. The Morgan fingerprint density at radius 2 is 1.84 bits per heavy atom. The van der Waals surface area contributed by atoms with Gasteiger partial charge in [0.15, 0.2) is 5.82 Å². The average molecular weight is 434 g/mol. The molecule has 8 nitrogen and oxygen atoms in total. The van der Waals surface area contributed by atoms with Gasteiger partial charge in [-0.1, -0.05) is 25.1 Å². The Hall–Kier alpha value is -3.68. The van der Waals surface area contributed by atoms with Crippen molar-refractivity contribution < 1.29 is 14.3 Å². The van der Waals surface area contributed by atoms with Gasteiger partial charge in [-0.05, 0) is 49.1 Å². The van der Waals surface area contributed by atoms with Crippen LogP contribution in [0, 0.1) is 5.92 Å². The molecule has 8 heteroatoms. The third kappa shape index (κ3) is 4.49. The van der Waals surface area contributed by atoms with E-state index in [1.807, 2.05) is 18.2 Å². The summed E-state index contributed by atoms with van der Waals surface area (Å²) >= 11 is 0. The molecule has 3 aromatic rings. The number of aromatic nitrogens is 2. The Balaban J connectivity index is 1.60. The van der Waals surface area contributed by atoms with Crippen LogP contribution in [0.4, 0.5) is 11.5 Å². The molecule has 166 valence electrons. The lowest BCUT2D eigenvalue weighted by atomic mass is 10.00. The van der Waals surface area contributed by atoms with Crippen molar-refractivity contribution in [1.82, 2.24) is 9.78 Å². The number of methoxy groups -OCH3 is 1. The lowest BCUT2D eigenvalue weighted by Crippen LogP contribution is -2.38. The fourth-order valence-corrected chi connectivity index (χ4v) is 4.08. The highest BCUT2D eigenvalue weighted by Gasteiger charge is 2.22. The number of nitrogens with one attached hydrogen (secondary N) is 1. The standard InChI is InChI=1S/C24H26N4O4/c1-16-6-5-13-27(14-16)22-19-7-3-4-8-20(19)23(30)28(26-22)15-21(29)25-18-11-9-17(10-12-18)24(31)32-2/h3-4,7-12,16H,5-6,13-15H2,1-2H3,(H,25,29). The molecular formula is C24H26N4O4. The minimum absolute atomic E-state index is 0.210. The number of ether oxygens (including phenoxy) is 1.